The molecule has 1 N–H and O–H groups in total. The Morgan fingerprint density at radius 1 is 1.42 bits per heavy atom. The van der Waals surface area contributed by atoms with E-state index >= 15 is 0 Å². The van der Waals surface area contributed by atoms with Gasteiger partial charge in [-0.15, -0.1) is 0 Å². The van der Waals surface area contributed by atoms with E-state index in [0.717, 1.165) is 5.56 Å². The topological polar surface area (TPSA) is 45.8 Å². The maximum Gasteiger partial charge on any atom is 0.264 e. The Morgan fingerprint density at radius 2 is 2.17 bits per heavy atom. The van der Waals surface area contributed by atoms with Crippen LogP contribution in [0.4, 0.5) is 0 Å². The van der Waals surface area contributed by atoms with E-state index in [0.29, 0.717) is 5.92 Å². The van der Waals surface area contributed by atoms with Gasteiger partial charge in [0.15, 0.2) is 0 Å². The predicted octanol–water partition coefficient (Wildman–Crippen LogP) is 1.43. The van der Waals surface area contributed by atoms with Gasteiger partial charge >= 0.3 is 0 Å². The van der Waals surface area contributed by atoms with Crippen molar-refractivity contribution < 1.29 is 0 Å². The molecule has 64 valence electrons. The maximum absolute atomic E-state index is 10.9. The van der Waals surface area contributed by atoms with Crippen LogP contribution in [-0.4, -0.2) is 10.2 Å². The van der Waals surface area contributed by atoms with Crippen molar-refractivity contribution in [3.63, 3.8) is 0 Å². The molecule has 0 aliphatic heterocycles. The van der Waals surface area contributed by atoms with Crippen molar-refractivity contribution in [2.24, 2.45) is 0 Å². The van der Waals surface area contributed by atoms with Gasteiger partial charge in [-0.3, -0.25) is 4.79 Å². The number of aromatic amines is 1. The fraction of sp³-hybridized carbons (Fsp3) is 0.556. The highest BCUT2D eigenvalue weighted by Crippen LogP contribution is 2.32. The Morgan fingerprint density at radius 3 is 2.83 bits per heavy atom. The quantitative estimate of drug-likeness (QED) is 0.682. The minimum absolute atomic E-state index is 0.0839. The molecule has 1 aromatic heterocycles. The summed E-state index contributed by atoms with van der Waals surface area (Å²) in [5, 5.41) is 6.18. The molecule has 0 unspecified atom stereocenters. The van der Waals surface area contributed by atoms with Crippen LogP contribution in [0, 0.1) is 0 Å². The summed E-state index contributed by atoms with van der Waals surface area (Å²) in [5.74, 6) is 0.583. The van der Waals surface area contributed by atoms with E-state index in [9.17, 15) is 4.79 Å². The van der Waals surface area contributed by atoms with Gasteiger partial charge in [-0.25, -0.2) is 5.10 Å². The van der Waals surface area contributed by atoms with E-state index in [4.69, 9.17) is 0 Å². The largest absolute Gasteiger partial charge is 0.268 e. The minimum Gasteiger partial charge on any atom is -0.268 e. The zero-order chi connectivity index (χ0) is 8.39. The number of rotatable bonds is 1. The Kier molecular flexibility index (Phi) is 1.94. The van der Waals surface area contributed by atoms with Gasteiger partial charge < -0.3 is 0 Å². The molecule has 0 radical (unpaired) electrons. The second kappa shape index (κ2) is 3.09. The van der Waals surface area contributed by atoms with Crippen LogP contribution in [-0.2, 0) is 0 Å². The first-order valence-corrected chi connectivity index (χ1v) is 4.41. The predicted molar refractivity (Wildman–Crippen MR) is 46.1 cm³/mol. The van der Waals surface area contributed by atoms with E-state index in [2.05, 4.69) is 10.2 Å². The summed E-state index contributed by atoms with van der Waals surface area (Å²) in [6.45, 7) is 0. The van der Waals surface area contributed by atoms with Crippen molar-refractivity contribution in [1.82, 2.24) is 10.2 Å². The summed E-state index contributed by atoms with van der Waals surface area (Å²) in [5.41, 5.74) is 1.02. The Hall–Kier alpha value is -1.12. The SMILES string of the molecule is O=c1cc(C2CCCC2)cn[nH]1. The van der Waals surface area contributed by atoms with E-state index in [-0.39, 0.29) is 5.56 Å². The average molecular weight is 164 g/mol. The molecule has 0 atom stereocenters. The molecule has 12 heavy (non-hydrogen) atoms. The van der Waals surface area contributed by atoms with Crippen molar-refractivity contribution >= 4 is 0 Å². The highest BCUT2D eigenvalue weighted by Gasteiger charge is 2.17. The minimum atomic E-state index is -0.0839. The fourth-order valence-corrected chi connectivity index (χ4v) is 1.87. The third-order valence-electron chi connectivity index (χ3n) is 2.51. The van der Waals surface area contributed by atoms with Gasteiger partial charge in [0.25, 0.3) is 5.56 Å². The highest BCUT2D eigenvalue weighted by atomic mass is 16.1. The van der Waals surface area contributed by atoms with E-state index < -0.39 is 0 Å². The second-order valence-electron chi connectivity index (χ2n) is 3.36. The lowest BCUT2D eigenvalue weighted by Crippen LogP contribution is -2.08. The van der Waals surface area contributed by atoms with Crippen LogP contribution in [0.5, 0.6) is 0 Å². The summed E-state index contributed by atoms with van der Waals surface area (Å²) in [4.78, 5) is 10.9. The van der Waals surface area contributed by atoms with E-state index in [1.54, 1.807) is 12.3 Å². The van der Waals surface area contributed by atoms with Crippen LogP contribution in [0.3, 0.4) is 0 Å². The lowest BCUT2D eigenvalue weighted by molar-refractivity contribution is 0.711. The summed E-state index contributed by atoms with van der Waals surface area (Å²) in [6.07, 6.45) is 6.78. The molecule has 0 amide bonds. The van der Waals surface area contributed by atoms with Crippen LogP contribution in [0.2, 0.25) is 0 Å². The zero-order valence-corrected chi connectivity index (χ0v) is 6.92. The molecule has 1 fully saturated rings. The van der Waals surface area contributed by atoms with Crippen LogP contribution in [0.1, 0.15) is 37.2 Å². The van der Waals surface area contributed by atoms with Crippen molar-refractivity contribution in [2.75, 3.05) is 0 Å². The summed E-state index contributed by atoms with van der Waals surface area (Å²) in [7, 11) is 0. The van der Waals surface area contributed by atoms with Crippen LogP contribution in [0.15, 0.2) is 17.1 Å². The highest BCUT2D eigenvalue weighted by molar-refractivity contribution is 5.13. The van der Waals surface area contributed by atoms with Gasteiger partial charge in [0, 0.05) is 6.07 Å². The summed E-state index contributed by atoms with van der Waals surface area (Å²) in [6, 6.07) is 1.67. The smallest absolute Gasteiger partial charge is 0.264 e. The summed E-state index contributed by atoms with van der Waals surface area (Å²) < 4.78 is 0. The number of aromatic nitrogens is 2. The summed E-state index contributed by atoms with van der Waals surface area (Å²) >= 11 is 0. The van der Waals surface area contributed by atoms with Gasteiger partial charge in [-0.05, 0) is 24.3 Å². The van der Waals surface area contributed by atoms with Crippen molar-refractivity contribution in [3.05, 3.63) is 28.2 Å². The molecular weight excluding hydrogens is 152 g/mol. The normalized spacial score (nSPS) is 18.3. The fourth-order valence-electron chi connectivity index (χ4n) is 1.87. The molecule has 2 rings (SSSR count). The van der Waals surface area contributed by atoms with Crippen LogP contribution >= 0.6 is 0 Å². The number of hydrogen-bond acceptors (Lipinski definition) is 2. The number of nitrogens with zero attached hydrogens (tertiary/aromatic N) is 1. The number of nitrogens with one attached hydrogen (secondary N) is 1. The third-order valence-corrected chi connectivity index (χ3v) is 2.51. The van der Waals surface area contributed by atoms with Gasteiger partial charge in [-0.2, -0.15) is 5.10 Å². The van der Waals surface area contributed by atoms with Crippen LogP contribution < -0.4 is 5.56 Å². The second-order valence-corrected chi connectivity index (χ2v) is 3.36. The zero-order valence-electron chi connectivity index (χ0n) is 6.92. The molecule has 0 saturated heterocycles. The molecule has 1 aliphatic carbocycles. The molecule has 1 saturated carbocycles. The standard InChI is InChI=1S/C9H12N2O/c12-9-5-8(6-10-11-9)7-3-1-2-4-7/h5-7H,1-4H2,(H,11,12). The molecule has 1 heterocycles. The third kappa shape index (κ3) is 1.40. The molecule has 0 aromatic carbocycles. The first-order chi connectivity index (χ1) is 5.86. The molecule has 0 bridgehead atoms. The monoisotopic (exact) mass is 164 g/mol. The van der Waals surface area contributed by atoms with Crippen molar-refractivity contribution in [3.8, 4) is 0 Å². The molecule has 0 spiro atoms. The molecule has 1 aliphatic rings. The molecule has 3 heteroatoms. The Bertz CT molecular complexity index is 312. The maximum atomic E-state index is 10.9. The number of H-pyrrole nitrogens is 1. The average Bonchev–Trinajstić information content (AvgIpc) is 2.56. The van der Waals surface area contributed by atoms with Gasteiger partial charge in [0.1, 0.15) is 0 Å². The lowest BCUT2D eigenvalue weighted by Gasteiger charge is -2.06. The number of hydrogen-bond donors (Lipinski definition) is 1. The van der Waals surface area contributed by atoms with Gasteiger partial charge in [0.05, 0.1) is 6.20 Å². The van der Waals surface area contributed by atoms with Gasteiger partial charge in [0.2, 0.25) is 0 Å². The Labute approximate surface area is 70.8 Å². The first kappa shape index (κ1) is 7.53. The first-order valence-electron chi connectivity index (χ1n) is 4.41. The van der Waals surface area contributed by atoms with E-state index in [1.165, 1.54) is 25.7 Å². The van der Waals surface area contributed by atoms with Crippen molar-refractivity contribution in [2.45, 2.75) is 31.6 Å². The lowest BCUT2D eigenvalue weighted by atomic mass is 10.0. The molecule has 3 nitrogen and oxygen atoms in total. The van der Waals surface area contributed by atoms with Crippen molar-refractivity contribution in [1.29, 1.82) is 0 Å². The molecular formula is C9H12N2O. The van der Waals surface area contributed by atoms with Crippen LogP contribution in [0.25, 0.3) is 0 Å². The van der Waals surface area contributed by atoms with E-state index in [1.807, 2.05) is 0 Å². The molecule has 1 aromatic rings. The van der Waals surface area contributed by atoms with Gasteiger partial charge in [-0.1, -0.05) is 12.8 Å². The Balaban J connectivity index is 2.27.